The largest absolute Gasteiger partial charge is 0.401 e. The summed E-state index contributed by atoms with van der Waals surface area (Å²) in [6.07, 6.45) is -2.50. The Morgan fingerprint density at radius 1 is 1.40 bits per heavy atom. The molecule has 6 heteroatoms. The van der Waals surface area contributed by atoms with Crippen LogP contribution >= 0.6 is 0 Å². The monoisotopic (exact) mass is 221 g/mol. The van der Waals surface area contributed by atoms with Crippen LogP contribution in [0.4, 0.5) is 13.2 Å². The fraction of sp³-hybridized carbons (Fsp3) is 0.667. The van der Waals surface area contributed by atoms with Gasteiger partial charge in [-0.05, 0) is 13.8 Å². The first kappa shape index (κ1) is 12.0. The average Bonchev–Trinajstić information content (AvgIpc) is 2.42. The summed E-state index contributed by atoms with van der Waals surface area (Å²) in [5.41, 5.74) is 1.90. The van der Waals surface area contributed by atoms with E-state index in [9.17, 15) is 13.2 Å². The van der Waals surface area contributed by atoms with E-state index in [0.29, 0.717) is 6.54 Å². The van der Waals surface area contributed by atoms with Gasteiger partial charge in [0.25, 0.3) is 0 Å². The highest BCUT2D eigenvalue weighted by atomic mass is 19.4. The Balaban J connectivity index is 2.30. The molecule has 1 N–H and O–H groups in total. The van der Waals surface area contributed by atoms with Gasteiger partial charge in [-0.15, -0.1) is 0 Å². The van der Waals surface area contributed by atoms with E-state index in [2.05, 4.69) is 10.3 Å². The molecule has 0 radical (unpaired) electrons. The van der Waals surface area contributed by atoms with Crippen LogP contribution in [-0.2, 0) is 6.54 Å². The Morgan fingerprint density at radius 2 is 2.07 bits per heavy atom. The van der Waals surface area contributed by atoms with Crippen molar-refractivity contribution in [1.82, 2.24) is 14.9 Å². The van der Waals surface area contributed by atoms with E-state index in [0.717, 1.165) is 11.4 Å². The fourth-order valence-electron chi connectivity index (χ4n) is 1.20. The first-order chi connectivity index (χ1) is 6.90. The first-order valence-electron chi connectivity index (χ1n) is 4.66. The number of halogens is 3. The molecule has 0 saturated carbocycles. The number of hydrogen-bond acceptors (Lipinski definition) is 2. The van der Waals surface area contributed by atoms with Crippen LogP contribution < -0.4 is 5.32 Å². The van der Waals surface area contributed by atoms with Crippen molar-refractivity contribution in [1.29, 1.82) is 0 Å². The smallest absolute Gasteiger partial charge is 0.333 e. The molecule has 0 aliphatic carbocycles. The van der Waals surface area contributed by atoms with Crippen molar-refractivity contribution in [2.45, 2.75) is 26.6 Å². The zero-order valence-electron chi connectivity index (χ0n) is 8.73. The third-order valence-corrected chi connectivity index (χ3v) is 2.20. The van der Waals surface area contributed by atoms with Gasteiger partial charge in [-0.2, -0.15) is 13.2 Å². The van der Waals surface area contributed by atoms with Gasteiger partial charge in [0.05, 0.1) is 18.6 Å². The van der Waals surface area contributed by atoms with Gasteiger partial charge < -0.3 is 9.88 Å². The minimum atomic E-state index is -4.14. The number of rotatable bonds is 4. The van der Waals surface area contributed by atoms with Gasteiger partial charge in [0.2, 0.25) is 0 Å². The molecule has 0 aliphatic rings. The van der Waals surface area contributed by atoms with Crippen molar-refractivity contribution in [3.8, 4) is 0 Å². The molecule has 0 aromatic carbocycles. The van der Waals surface area contributed by atoms with Gasteiger partial charge in [-0.1, -0.05) is 0 Å². The lowest BCUT2D eigenvalue weighted by Gasteiger charge is -2.09. The van der Waals surface area contributed by atoms with E-state index in [1.807, 2.05) is 18.4 Å². The summed E-state index contributed by atoms with van der Waals surface area (Å²) < 4.78 is 37.2. The highest BCUT2D eigenvalue weighted by Crippen LogP contribution is 2.12. The number of nitrogens with one attached hydrogen (secondary N) is 1. The Kier molecular flexibility index (Phi) is 3.73. The van der Waals surface area contributed by atoms with E-state index in [4.69, 9.17) is 0 Å². The molecule has 3 nitrogen and oxygen atoms in total. The maximum absolute atomic E-state index is 11.8. The Labute approximate surface area is 86.3 Å². The lowest BCUT2D eigenvalue weighted by atomic mass is 10.4. The maximum Gasteiger partial charge on any atom is 0.401 e. The van der Waals surface area contributed by atoms with E-state index < -0.39 is 12.7 Å². The van der Waals surface area contributed by atoms with Crippen LogP contribution in [0, 0.1) is 13.8 Å². The van der Waals surface area contributed by atoms with Crippen LogP contribution in [-0.4, -0.2) is 28.8 Å². The number of alkyl halides is 3. The lowest BCUT2D eigenvalue weighted by Crippen LogP contribution is -2.31. The van der Waals surface area contributed by atoms with Gasteiger partial charge in [0.15, 0.2) is 0 Å². The van der Waals surface area contributed by atoms with Crippen LogP contribution in [0.25, 0.3) is 0 Å². The van der Waals surface area contributed by atoms with Crippen LogP contribution in [0.2, 0.25) is 0 Å². The number of nitrogens with zero attached hydrogens (tertiary/aromatic N) is 2. The van der Waals surface area contributed by atoms with Crippen molar-refractivity contribution < 1.29 is 13.2 Å². The number of hydrogen-bond donors (Lipinski definition) is 1. The second-order valence-corrected chi connectivity index (χ2v) is 3.40. The van der Waals surface area contributed by atoms with Gasteiger partial charge in [0, 0.05) is 18.8 Å². The molecule has 1 aromatic heterocycles. The summed E-state index contributed by atoms with van der Waals surface area (Å²) in [7, 11) is 0. The fourth-order valence-corrected chi connectivity index (χ4v) is 1.20. The van der Waals surface area contributed by atoms with Crippen molar-refractivity contribution in [2.75, 3.05) is 13.1 Å². The molecule has 86 valence electrons. The summed E-state index contributed by atoms with van der Waals surface area (Å²) in [5.74, 6) is 0. The van der Waals surface area contributed by atoms with Crippen LogP contribution in [0.1, 0.15) is 11.4 Å². The molecule has 0 saturated heterocycles. The third kappa shape index (κ3) is 3.91. The van der Waals surface area contributed by atoms with E-state index in [1.165, 1.54) is 0 Å². The quantitative estimate of drug-likeness (QED) is 0.783. The molecule has 1 heterocycles. The summed E-state index contributed by atoms with van der Waals surface area (Å²) in [6.45, 7) is 3.61. The predicted molar refractivity (Wildman–Crippen MR) is 50.6 cm³/mol. The second kappa shape index (κ2) is 4.65. The Morgan fingerprint density at radius 3 is 2.53 bits per heavy atom. The number of imidazole rings is 1. The van der Waals surface area contributed by atoms with Crippen molar-refractivity contribution in [2.24, 2.45) is 0 Å². The molecular formula is C9H14F3N3. The first-order valence-corrected chi connectivity index (χ1v) is 4.66. The minimum Gasteiger partial charge on any atom is -0.333 e. The number of aromatic nitrogens is 2. The van der Waals surface area contributed by atoms with Crippen molar-refractivity contribution in [3.05, 3.63) is 17.7 Å². The molecule has 0 atom stereocenters. The van der Waals surface area contributed by atoms with Crippen molar-refractivity contribution >= 4 is 0 Å². The van der Waals surface area contributed by atoms with Crippen LogP contribution in [0.5, 0.6) is 0 Å². The van der Waals surface area contributed by atoms with Crippen LogP contribution in [0.3, 0.4) is 0 Å². The molecule has 1 aromatic rings. The van der Waals surface area contributed by atoms with Gasteiger partial charge in [-0.3, -0.25) is 0 Å². The molecule has 1 rings (SSSR count). The Bertz CT molecular complexity index is 317. The summed E-state index contributed by atoms with van der Waals surface area (Å²) in [4.78, 5) is 4.06. The summed E-state index contributed by atoms with van der Waals surface area (Å²) in [5, 5.41) is 2.34. The third-order valence-electron chi connectivity index (χ3n) is 2.20. The molecule has 15 heavy (non-hydrogen) atoms. The van der Waals surface area contributed by atoms with Gasteiger partial charge >= 0.3 is 6.18 Å². The molecule has 0 aliphatic heterocycles. The molecule has 0 spiro atoms. The minimum absolute atomic E-state index is 0.288. The second-order valence-electron chi connectivity index (χ2n) is 3.40. The molecule has 0 unspecified atom stereocenters. The van der Waals surface area contributed by atoms with Crippen LogP contribution in [0.15, 0.2) is 6.33 Å². The predicted octanol–water partition coefficient (Wildman–Crippen LogP) is 1.65. The molecule has 0 amide bonds. The summed E-state index contributed by atoms with van der Waals surface area (Å²) in [6, 6.07) is 0. The van der Waals surface area contributed by atoms with E-state index in [1.54, 1.807) is 6.33 Å². The topological polar surface area (TPSA) is 29.9 Å². The normalized spacial score (nSPS) is 12.1. The Hall–Kier alpha value is -1.04. The van der Waals surface area contributed by atoms with Gasteiger partial charge in [-0.25, -0.2) is 4.98 Å². The summed E-state index contributed by atoms with van der Waals surface area (Å²) >= 11 is 0. The maximum atomic E-state index is 11.8. The zero-order chi connectivity index (χ0) is 11.5. The van der Waals surface area contributed by atoms with Gasteiger partial charge in [0.1, 0.15) is 0 Å². The highest BCUT2D eigenvalue weighted by molar-refractivity contribution is 5.08. The average molecular weight is 221 g/mol. The van der Waals surface area contributed by atoms with E-state index >= 15 is 0 Å². The van der Waals surface area contributed by atoms with E-state index in [-0.39, 0.29) is 6.54 Å². The molecule has 0 fully saturated rings. The number of aryl methyl sites for hydroxylation is 1. The molecule has 0 bridgehead atoms. The highest BCUT2D eigenvalue weighted by Gasteiger charge is 2.25. The molecular weight excluding hydrogens is 207 g/mol. The van der Waals surface area contributed by atoms with Crippen molar-refractivity contribution in [3.63, 3.8) is 0 Å². The SMILES string of the molecule is Cc1ncn(CCNCC(F)(F)F)c1C. The zero-order valence-corrected chi connectivity index (χ0v) is 8.73. The lowest BCUT2D eigenvalue weighted by molar-refractivity contribution is -0.124. The standard InChI is InChI=1S/C9H14F3N3/c1-7-8(2)15(6-14-7)4-3-13-5-9(10,11)12/h6,13H,3-5H2,1-2H3.